The molecule has 0 spiro atoms. The highest BCUT2D eigenvalue weighted by atomic mass is 32.1. The number of hydrogen-bond acceptors (Lipinski definition) is 5. The van der Waals surface area contributed by atoms with E-state index >= 15 is 0 Å². The van der Waals surface area contributed by atoms with E-state index in [1.54, 1.807) is 18.4 Å². The molecule has 80 valence electrons. The Morgan fingerprint density at radius 1 is 1.56 bits per heavy atom. The monoisotopic (exact) mass is 235 g/mol. The second-order valence-electron chi connectivity index (χ2n) is 3.04. The largest absolute Gasteiger partial charge is 0.476 e. The topological polar surface area (TPSA) is 80.6 Å². The van der Waals surface area contributed by atoms with E-state index in [1.807, 2.05) is 0 Å². The first kappa shape index (κ1) is 9.10. The summed E-state index contributed by atoms with van der Waals surface area (Å²) in [6.45, 7) is 0. The summed E-state index contributed by atoms with van der Waals surface area (Å²) in [6, 6.07) is 3.55. The summed E-state index contributed by atoms with van der Waals surface area (Å²) in [7, 11) is 0. The van der Waals surface area contributed by atoms with Gasteiger partial charge in [-0.2, -0.15) is 5.10 Å². The maximum atomic E-state index is 10.7. The summed E-state index contributed by atoms with van der Waals surface area (Å²) >= 11 is 1.28. The van der Waals surface area contributed by atoms with Crippen molar-refractivity contribution in [3.63, 3.8) is 0 Å². The van der Waals surface area contributed by atoms with Gasteiger partial charge in [-0.25, -0.2) is 14.3 Å². The van der Waals surface area contributed by atoms with Gasteiger partial charge in [-0.05, 0) is 12.1 Å². The first-order valence-electron chi connectivity index (χ1n) is 4.37. The first-order valence-corrected chi connectivity index (χ1v) is 5.19. The lowest BCUT2D eigenvalue weighted by atomic mass is 10.5. The highest BCUT2D eigenvalue weighted by molar-refractivity contribution is 7.19. The molecule has 0 amide bonds. The van der Waals surface area contributed by atoms with Crippen molar-refractivity contribution in [1.82, 2.24) is 14.6 Å². The van der Waals surface area contributed by atoms with E-state index in [4.69, 9.17) is 9.52 Å². The van der Waals surface area contributed by atoms with Gasteiger partial charge in [0.15, 0.2) is 16.5 Å². The number of carboxylic acids is 1. The third-order valence-corrected chi connectivity index (χ3v) is 2.93. The quantitative estimate of drug-likeness (QED) is 0.731. The minimum Gasteiger partial charge on any atom is -0.476 e. The summed E-state index contributed by atoms with van der Waals surface area (Å²) in [5.74, 6) is -0.412. The second-order valence-corrected chi connectivity index (χ2v) is 4.00. The van der Waals surface area contributed by atoms with E-state index in [1.165, 1.54) is 22.0 Å². The summed E-state index contributed by atoms with van der Waals surface area (Å²) in [5.41, 5.74) is -0.00950. The number of hydrogen-bond donors (Lipinski definition) is 1. The van der Waals surface area contributed by atoms with Gasteiger partial charge in [0.2, 0.25) is 4.96 Å². The van der Waals surface area contributed by atoms with Gasteiger partial charge >= 0.3 is 5.97 Å². The zero-order valence-electron chi connectivity index (χ0n) is 7.82. The first-order chi connectivity index (χ1) is 7.74. The zero-order chi connectivity index (χ0) is 11.1. The molecule has 0 aliphatic carbocycles. The Kier molecular flexibility index (Phi) is 1.80. The van der Waals surface area contributed by atoms with Gasteiger partial charge in [0.25, 0.3) is 0 Å². The van der Waals surface area contributed by atoms with Gasteiger partial charge in [-0.15, -0.1) is 0 Å². The maximum absolute atomic E-state index is 10.7. The van der Waals surface area contributed by atoms with Crippen molar-refractivity contribution in [3.8, 4) is 10.8 Å². The van der Waals surface area contributed by atoms with E-state index in [0.29, 0.717) is 15.7 Å². The van der Waals surface area contributed by atoms with Crippen molar-refractivity contribution < 1.29 is 14.3 Å². The van der Waals surface area contributed by atoms with Crippen molar-refractivity contribution in [1.29, 1.82) is 0 Å². The molecule has 3 rings (SSSR count). The molecular weight excluding hydrogens is 230 g/mol. The van der Waals surface area contributed by atoms with Gasteiger partial charge in [0.05, 0.1) is 12.5 Å². The van der Waals surface area contributed by atoms with Crippen LogP contribution in [-0.4, -0.2) is 25.7 Å². The lowest BCUT2D eigenvalue weighted by Gasteiger charge is -1.85. The van der Waals surface area contributed by atoms with Crippen molar-refractivity contribution >= 4 is 22.3 Å². The van der Waals surface area contributed by atoms with Crippen LogP contribution < -0.4 is 0 Å². The van der Waals surface area contributed by atoms with Crippen molar-refractivity contribution in [2.45, 2.75) is 0 Å². The van der Waals surface area contributed by atoms with E-state index in [-0.39, 0.29) is 5.69 Å². The van der Waals surface area contributed by atoms with Gasteiger partial charge in [-0.3, -0.25) is 0 Å². The number of aromatic nitrogens is 3. The molecule has 1 N–H and O–H groups in total. The average molecular weight is 235 g/mol. The van der Waals surface area contributed by atoms with Crippen LogP contribution in [0.1, 0.15) is 10.5 Å². The molecule has 0 aromatic carbocycles. The standard InChI is InChI=1S/C9H5N3O3S/c13-8(14)5-4-12-9(10-5)16-7(11-12)6-2-1-3-15-6/h1-4H,(H,13,14). The molecule has 0 radical (unpaired) electrons. The zero-order valence-corrected chi connectivity index (χ0v) is 8.64. The Hall–Kier alpha value is -2.15. The summed E-state index contributed by atoms with van der Waals surface area (Å²) < 4.78 is 6.62. The van der Waals surface area contributed by atoms with Crippen LogP contribution in [-0.2, 0) is 0 Å². The molecule has 7 heteroatoms. The highest BCUT2D eigenvalue weighted by Gasteiger charge is 2.14. The number of aromatic carboxylic acids is 1. The number of furan rings is 1. The SMILES string of the molecule is O=C(O)c1cn2nc(-c3ccco3)sc2n1. The van der Waals surface area contributed by atoms with Gasteiger partial charge in [-0.1, -0.05) is 11.3 Å². The predicted molar refractivity (Wildman–Crippen MR) is 55.5 cm³/mol. The summed E-state index contributed by atoms with van der Waals surface area (Å²) in [6.07, 6.45) is 2.93. The van der Waals surface area contributed by atoms with Crippen LogP contribution >= 0.6 is 11.3 Å². The molecule has 0 saturated carbocycles. The Labute approximate surface area is 92.8 Å². The van der Waals surface area contributed by atoms with Gasteiger partial charge in [0.1, 0.15) is 0 Å². The van der Waals surface area contributed by atoms with E-state index < -0.39 is 5.97 Å². The normalized spacial score (nSPS) is 11.0. The van der Waals surface area contributed by atoms with Crippen molar-refractivity contribution in [2.75, 3.05) is 0 Å². The Bertz CT molecular complexity index is 621. The lowest BCUT2D eigenvalue weighted by molar-refractivity contribution is 0.0691. The summed E-state index contributed by atoms with van der Waals surface area (Å²) in [4.78, 5) is 15.1. The Morgan fingerprint density at radius 3 is 3.06 bits per heavy atom. The van der Waals surface area contributed by atoms with Crippen molar-refractivity contribution in [2.24, 2.45) is 0 Å². The van der Waals surface area contributed by atoms with Crippen LogP contribution in [0.2, 0.25) is 0 Å². The Balaban J connectivity index is 2.12. The highest BCUT2D eigenvalue weighted by Crippen LogP contribution is 2.25. The molecule has 0 saturated heterocycles. The molecule has 3 aromatic rings. The third kappa shape index (κ3) is 1.29. The minimum absolute atomic E-state index is 0.00950. The fourth-order valence-corrected chi connectivity index (χ4v) is 2.15. The molecule has 0 unspecified atom stereocenters. The van der Waals surface area contributed by atoms with E-state index in [2.05, 4.69) is 10.1 Å². The molecule has 0 bridgehead atoms. The molecule has 16 heavy (non-hydrogen) atoms. The number of nitrogens with zero attached hydrogens (tertiary/aromatic N) is 3. The molecular formula is C9H5N3O3S. The smallest absolute Gasteiger partial charge is 0.356 e. The van der Waals surface area contributed by atoms with Crippen LogP contribution in [0.3, 0.4) is 0 Å². The number of fused-ring (bicyclic) bond motifs is 1. The Morgan fingerprint density at radius 2 is 2.44 bits per heavy atom. The molecule has 0 atom stereocenters. The van der Waals surface area contributed by atoms with Crippen LogP contribution in [0.5, 0.6) is 0 Å². The maximum Gasteiger partial charge on any atom is 0.356 e. The molecule has 3 heterocycles. The number of carboxylic acid groups (broad SMARTS) is 1. The number of imidazole rings is 1. The predicted octanol–water partition coefficient (Wildman–Crippen LogP) is 1.75. The lowest BCUT2D eigenvalue weighted by Crippen LogP contribution is -1.95. The van der Waals surface area contributed by atoms with Crippen LogP contribution in [0, 0.1) is 0 Å². The van der Waals surface area contributed by atoms with Gasteiger partial charge < -0.3 is 9.52 Å². The van der Waals surface area contributed by atoms with E-state index in [0.717, 1.165) is 0 Å². The number of carbonyl (C=O) groups is 1. The molecule has 0 aliphatic rings. The number of rotatable bonds is 2. The third-order valence-electron chi connectivity index (χ3n) is 1.99. The van der Waals surface area contributed by atoms with Gasteiger partial charge in [0, 0.05) is 0 Å². The fraction of sp³-hybridized carbons (Fsp3) is 0. The van der Waals surface area contributed by atoms with Crippen LogP contribution in [0.25, 0.3) is 15.7 Å². The molecule has 0 fully saturated rings. The average Bonchev–Trinajstić information content (AvgIpc) is 2.91. The van der Waals surface area contributed by atoms with Crippen LogP contribution in [0.4, 0.5) is 0 Å². The minimum atomic E-state index is -1.06. The van der Waals surface area contributed by atoms with Crippen LogP contribution in [0.15, 0.2) is 29.0 Å². The second kappa shape index (κ2) is 3.17. The summed E-state index contributed by atoms with van der Waals surface area (Å²) in [5, 5.41) is 13.6. The van der Waals surface area contributed by atoms with E-state index in [9.17, 15) is 4.79 Å². The molecule has 6 nitrogen and oxygen atoms in total. The molecule has 3 aromatic heterocycles. The fourth-order valence-electron chi connectivity index (χ4n) is 1.30. The van der Waals surface area contributed by atoms with Crippen molar-refractivity contribution in [3.05, 3.63) is 30.3 Å². The molecule has 0 aliphatic heterocycles.